The van der Waals surface area contributed by atoms with E-state index in [-0.39, 0.29) is 22.9 Å². The van der Waals surface area contributed by atoms with Crippen LogP contribution in [0.4, 0.5) is 5.69 Å². The molecule has 1 fully saturated rings. The molecule has 1 aliphatic heterocycles. The molecule has 9 nitrogen and oxygen atoms in total. The Kier molecular flexibility index (Phi) is 6.99. The molecule has 2 aliphatic rings. The van der Waals surface area contributed by atoms with Crippen molar-refractivity contribution in [3.8, 4) is 5.75 Å². The van der Waals surface area contributed by atoms with Crippen molar-refractivity contribution in [2.24, 2.45) is 0 Å². The molecule has 2 aromatic carbocycles. The fourth-order valence-corrected chi connectivity index (χ4v) is 5.22. The van der Waals surface area contributed by atoms with Gasteiger partial charge in [0.15, 0.2) is 0 Å². The molecule has 9 heteroatoms. The van der Waals surface area contributed by atoms with E-state index in [1.807, 2.05) is 12.1 Å². The molecular weight excluding hydrogens is 462 g/mol. The average Bonchev–Trinajstić information content (AvgIpc) is 3.38. The summed E-state index contributed by atoms with van der Waals surface area (Å²) >= 11 is 0. The van der Waals surface area contributed by atoms with Crippen molar-refractivity contribution in [1.82, 2.24) is 10.2 Å². The van der Waals surface area contributed by atoms with Crippen LogP contribution >= 0.6 is 0 Å². The van der Waals surface area contributed by atoms with Crippen LogP contribution in [0.15, 0.2) is 51.7 Å². The molecule has 1 aliphatic carbocycles. The van der Waals surface area contributed by atoms with Crippen molar-refractivity contribution < 1.29 is 18.9 Å². The number of rotatable bonds is 8. The fourth-order valence-electron chi connectivity index (χ4n) is 5.22. The highest BCUT2D eigenvalue weighted by molar-refractivity contribution is 5.98. The van der Waals surface area contributed by atoms with Crippen LogP contribution in [-0.2, 0) is 12.8 Å². The number of carbonyl (C=O) groups excluding carboxylic acids is 1. The Morgan fingerprint density at radius 2 is 1.92 bits per heavy atom. The number of nitrogens with zero attached hydrogens (tertiary/aromatic N) is 2. The minimum Gasteiger partial charge on any atom is -0.493 e. The number of nitrogens with one attached hydrogen (secondary N) is 1. The number of hydrogen-bond acceptors (Lipinski definition) is 7. The van der Waals surface area contributed by atoms with Gasteiger partial charge in [0, 0.05) is 48.8 Å². The van der Waals surface area contributed by atoms with Crippen molar-refractivity contribution in [3.63, 3.8) is 0 Å². The van der Waals surface area contributed by atoms with Crippen molar-refractivity contribution in [2.45, 2.75) is 44.6 Å². The molecule has 1 N–H and O–H groups in total. The van der Waals surface area contributed by atoms with E-state index in [4.69, 9.17) is 9.15 Å². The highest BCUT2D eigenvalue weighted by atomic mass is 16.6. The Balaban J connectivity index is 1.06. The molecular formula is C27H29N3O6. The van der Waals surface area contributed by atoms with Gasteiger partial charge in [-0.3, -0.25) is 14.9 Å². The van der Waals surface area contributed by atoms with E-state index in [2.05, 4.69) is 10.2 Å². The fraction of sp³-hybridized carbons (Fsp3) is 0.407. The Labute approximate surface area is 208 Å². The number of amides is 1. The van der Waals surface area contributed by atoms with Gasteiger partial charge in [0.05, 0.1) is 11.5 Å². The number of fused-ring (bicyclic) bond motifs is 3. The highest BCUT2D eigenvalue weighted by Gasteiger charge is 2.25. The smallest absolute Gasteiger partial charge is 0.339 e. The Bertz CT molecular complexity index is 1340. The summed E-state index contributed by atoms with van der Waals surface area (Å²) in [5, 5.41) is 15.1. The zero-order chi connectivity index (χ0) is 25.1. The maximum Gasteiger partial charge on any atom is 0.339 e. The number of likely N-dealkylation sites (tertiary alicyclic amines) is 1. The van der Waals surface area contributed by atoms with E-state index in [1.54, 1.807) is 18.2 Å². The highest BCUT2D eigenvalue weighted by Crippen LogP contribution is 2.29. The van der Waals surface area contributed by atoms with Crippen LogP contribution in [0.3, 0.4) is 0 Å². The summed E-state index contributed by atoms with van der Waals surface area (Å²) in [7, 11) is 0. The second kappa shape index (κ2) is 10.5. The normalized spacial score (nSPS) is 16.1. The Morgan fingerprint density at radius 1 is 1.14 bits per heavy atom. The van der Waals surface area contributed by atoms with Crippen LogP contribution in [-0.4, -0.2) is 48.0 Å². The number of piperidine rings is 1. The van der Waals surface area contributed by atoms with E-state index in [9.17, 15) is 19.7 Å². The molecule has 0 radical (unpaired) electrons. The summed E-state index contributed by atoms with van der Waals surface area (Å²) in [6.07, 6.45) is 5.15. The molecule has 0 spiro atoms. The molecule has 3 aromatic rings. The van der Waals surface area contributed by atoms with Crippen LogP contribution in [0.25, 0.3) is 11.0 Å². The largest absolute Gasteiger partial charge is 0.493 e. The summed E-state index contributed by atoms with van der Waals surface area (Å²) < 4.78 is 11.4. The number of hydrogen-bond donors (Lipinski definition) is 1. The summed E-state index contributed by atoms with van der Waals surface area (Å²) in [6, 6.07) is 11.7. The van der Waals surface area contributed by atoms with Gasteiger partial charge in [0.1, 0.15) is 16.9 Å². The lowest BCUT2D eigenvalue weighted by molar-refractivity contribution is -0.385. The van der Waals surface area contributed by atoms with Gasteiger partial charge in [-0.25, -0.2) is 4.79 Å². The van der Waals surface area contributed by atoms with Gasteiger partial charge in [-0.05, 0) is 62.3 Å². The predicted molar refractivity (Wildman–Crippen MR) is 135 cm³/mol. The monoisotopic (exact) mass is 491 g/mol. The van der Waals surface area contributed by atoms with Gasteiger partial charge in [0.2, 0.25) is 0 Å². The number of benzene rings is 2. The Hall–Kier alpha value is -3.72. The zero-order valence-corrected chi connectivity index (χ0v) is 20.0. The summed E-state index contributed by atoms with van der Waals surface area (Å²) in [5.41, 5.74) is 2.22. The number of nitro benzene ring substituents is 1. The van der Waals surface area contributed by atoms with Gasteiger partial charge in [-0.2, -0.15) is 0 Å². The number of para-hydroxylation sites is 1. The van der Waals surface area contributed by atoms with Crippen LogP contribution in [0.5, 0.6) is 5.75 Å². The molecule has 36 heavy (non-hydrogen) atoms. The molecule has 0 unspecified atom stereocenters. The van der Waals surface area contributed by atoms with Crippen molar-refractivity contribution >= 4 is 22.6 Å². The summed E-state index contributed by atoms with van der Waals surface area (Å²) in [4.78, 5) is 37.7. The molecule has 1 amide bonds. The minimum atomic E-state index is -0.529. The molecule has 2 heterocycles. The molecule has 5 rings (SSSR count). The number of aryl methyl sites for hydroxylation is 1. The quantitative estimate of drug-likeness (QED) is 0.220. The lowest BCUT2D eigenvalue weighted by Crippen LogP contribution is -2.45. The van der Waals surface area contributed by atoms with Crippen LogP contribution in [0, 0.1) is 10.1 Å². The molecule has 0 bridgehead atoms. The molecule has 1 aromatic heterocycles. The lowest BCUT2D eigenvalue weighted by Gasteiger charge is -2.32. The third-order valence-electron chi connectivity index (χ3n) is 7.10. The first kappa shape index (κ1) is 24.0. The first-order chi connectivity index (χ1) is 17.5. The molecule has 0 saturated carbocycles. The number of ether oxygens (including phenoxy) is 1. The van der Waals surface area contributed by atoms with Gasteiger partial charge >= 0.3 is 5.63 Å². The number of carbonyl (C=O) groups is 1. The van der Waals surface area contributed by atoms with E-state index in [1.165, 1.54) is 12.1 Å². The van der Waals surface area contributed by atoms with Crippen molar-refractivity contribution in [2.75, 3.05) is 26.2 Å². The van der Waals surface area contributed by atoms with Crippen molar-refractivity contribution in [1.29, 1.82) is 0 Å². The predicted octanol–water partition coefficient (Wildman–Crippen LogP) is 3.85. The number of nitro groups is 1. The van der Waals surface area contributed by atoms with Gasteiger partial charge < -0.3 is 19.4 Å². The van der Waals surface area contributed by atoms with E-state index >= 15 is 0 Å². The van der Waals surface area contributed by atoms with E-state index in [0.717, 1.165) is 74.7 Å². The van der Waals surface area contributed by atoms with Gasteiger partial charge in [-0.1, -0.05) is 12.1 Å². The third kappa shape index (κ3) is 5.11. The first-order valence-corrected chi connectivity index (χ1v) is 12.5. The minimum absolute atomic E-state index is 0.00138. The molecule has 188 valence electrons. The third-order valence-corrected chi connectivity index (χ3v) is 7.10. The van der Waals surface area contributed by atoms with Gasteiger partial charge in [-0.15, -0.1) is 0 Å². The average molecular weight is 492 g/mol. The standard InChI is InChI=1S/C27H29N3O6/c31-26(23-5-1-2-8-24(23)30(33)34)28-18-11-14-29(15-12-18)13-4-16-35-19-9-10-21-20-6-3-7-22(20)27(32)36-25(21)17-19/h1-2,5,8-10,17-18H,3-4,6-7,11-16H2,(H,28,31). The summed E-state index contributed by atoms with van der Waals surface area (Å²) in [5.74, 6) is 0.297. The maximum absolute atomic E-state index is 12.6. The Morgan fingerprint density at radius 3 is 2.72 bits per heavy atom. The second-order valence-electron chi connectivity index (χ2n) is 9.42. The SMILES string of the molecule is O=C(NC1CCN(CCCOc2ccc3c4c(c(=O)oc3c2)CCC4)CC1)c1ccccc1[N+](=O)[O-]. The maximum atomic E-state index is 12.6. The van der Waals surface area contributed by atoms with E-state index < -0.39 is 10.8 Å². The lowest BCUT2D eigenvalue weighted by atomic mass is 10.0. The zero-order valence-electron chi connectivity index (χ0n) is 20.0. The van der Waals surface area contributed by atoms with Crippen LogP contribution in [0.1, 0.15) is 47.2 Å². The van der Waals surface area contributed by atoms with Crippen LogP contribution < -0.4 is 15.7 Å². The second-order valence-corrected chi connectivity index (χ2v) is 9.42. The first-order valence-electron chi connectivity index (χ1n) is 12.5. The van der Waals surface area contributed by atoms with Crippen molar-refractivity contribution in [3.05, 3.63) is 79.7 Å². The topological polar surface area (TPSA) is 115 Å². The van der Waals surface area contributed by atoms with E-state index in [0.29, 0.717) is 17.9 Å². The molecule has 1 saturated heterocycles. The van der Waals surface area contributed by atoms with Gasteiger partial charge in [0.25, 0.3) is 11.6 Å². The molecule has 0 atom stereocenters. The summed E-state index contributed by atoms with van der Waals surface area (Å²) in [6.45, 7) is 3.11. The van der Waals surface area contributed by atoms with Crippen LogP contribution in [0.2, 0.25) is 0 Å².